The van der Waals surface area contributed by atoms with E-state index in [1.165, 1.54) is 19.3 Å². The molecule has 1 aliphatic rings. The zero-order chi connectivity index (χ0) is 12.7. The molecule has 1 aliphatic carbocycles. The van der Waals surface area contributed by atoms with Gasteiger partial charge in [0.05, 0.1) is 0 Å². The summed E-state index contributed by atoms with van der Waals surface area (Å²) in [5.74, 6) is 1.27. The van der Waals surface area contributed by atoms with E-state index in [-0.39, 0.29) is 5.91 Å². The average molecular weight is 241 g/mol. The normalized spacial score (nSPS) is 24.2. The highest BCUT2D eigenvalue weighted by Gasteiger charge is 2.25. The van der Waals surface area contributed by atoms with E-state index in [9.17, 15) is 4.79 Å². The Labute approximate surface area is 105 Å². The number of nitrogens with two attached hydrogens (primary N) is 1. The molecule has 0 saturated heterocycles. The molecule has 0 heterocycles. The Kier molecular flexibility index (Phi) is 6.52. The van der Waals surface area contributed by atoms with Crippen LogP contribution in [-0.2, 0) is 4.79 Å². The summed E-state index contributed by atoms with van der Waals surface area (Å²) >= 11 is 0. The largest absolute Gasteiger partial charge is 0.356 e. The number of carbonyl (C=O) groups is 1. The Hall–Kier alpha value is -0.610. The van der Waals surface area contributed by atoms with Crippen molar-refractivity contribution in [3.05, 3.63) is 0 Å². The third kappa shape index (κ3) is 5.50. The van der Waals surface area contributed by atoms with Gasteiger partial charge in [-0.1, -0.05) is 20.3 Å². The van der Waals surface area contributed by atoms with Gasteiger partial charge in [0.25, 0.3) is 0 Å². The van der Waals surface area contributed by atoms with Gasteiger partial charge in [0, 0.05) is 25.6 Å². The van der Waals surface area contributed by atoms with Crippen LogP contribution in [0.3, 0.4) is 0 Å². The molecule has 4 nitrogen and oxygen atoms in total. The lowest BCUT2D eigenvalue weighted by Gasteiger charge is -2.19. The second kappa shape index (κ2) is 7.67. The minimum Gasteiger partial charge on any atom is -0.356 e. The Morgan fingerprint density at radius 1 is 1.41 bits per heavy atom. The topological polar surface area (TPSA) is 67.2 Å². The number of rotatable bonds is 7. The van der Waals surface area contributed by atoms with Crippen molar-refractivity contribution in [3.63, 3.8) is 0 Å². The van der Waals surface area contributed by atoms with Crippen LogP contribution < -0.4 is 16.4 Å². The molecule has 0 aromatic heterocycles. The van der Waals surface area contributed by atoms with E-state index < -0.39 is 0 Å². The summed E-state index contributed by atoms with van der Waals surface area (Å²) in [4.78, 5) is 11.5. The second-order valence-electron chi connectivity index (χ2n) is 5.44. The van der Waals surface area contributed by atoms with E-state index in [0.717, 1.165) is 19.6 Å². The molecule has 0 bridgehead atoms. The van der Waals surface area contributed by atoms with E-state index in [1.807, 2.05) is 0 Å². The SMILES string of the molecule is CC(C)CNC(=O)CCNC1CCCC1CN. The van der Waals surface area contributed by atoms with Crippen molar-refractivity contribution in [2.24, 2.45) is 17.6 Å². The molecule has 0 aromatic carbocycles. The first kappa shape index (κ1) is 14.5. The zero-order valence-corrected chi connectivity index (χ0v) is 11.2. The van der Waals surface area contributed by atoms with Gasteiger partial charge in [-0.05, 0) is 31.2 Å². The van der Waals surface area contributed by atoms with E-state index in [4.69, 9.17) is 5.73 Å². The standard InChI is InChI=1S/C13H27N3O/c1-10(2)9-16-13(17)6-7-15-12-5-3-4-11(12)8-14/h10-12,15H,3-9,14H2,1-2H3,(H,16,17). The average Bonchev–Trinajstić information content (AvgIpc) is 2.74. The summed E-state index contributed by atoms with van der Waals surface area (Å²) in [6.07, 6.45) is 4.27. The van der Waals surface area contributed by atoms with Gasteiger partial charge < -0.3 is 16.4 Å². The predicted octanol–water partition coefficient (Wildman–Crippen LogP) is 0.866. The summed E-state index contributed by atoms with van der Waals surface area (Å²) < 4.78 is 0. The fourth-order valence-electron chi connectivity index (χ4n) is 2.37. The zero-order valence-electron chi connectivity index (χ0n) is 11.2. The fraction of sp³-hybridized carbons (Fsp3) is 0.923. The number of carbonyl (C=O) groups excluding carboxylic acids is 1. The minimum atomic E-state index is 0.147. The molecule has 0 aliphatic heterocycles. The van der Waals surface area contributed by atoms with Crippen LogP contribution in [-0.4, -0.2) is 31.6 Å². The molecule has 1 fully saturated rings. The molecule has 2 unspecified atom stereocenters. The lowest BCUT2D eigenvalue weighted by atomic mass is 10.0. The summed E-state index contributed by atoms with van der Waals surface area (Å²) in [6.45, 7) is 6.50. The maximum Gasteiger partial charge on any atom is 0.221 e. The molecule has 4 heteroatoms. The highest BCUT2D eigenvalue weighted by atomic mass is 16.1. The first-order valence-corrected chi connectivity index (χ1v) is 6.83. The molecule has 1 saturated carbocycles. The molecule has 4 N–H and O–H groups in total. The van der Waals surface area contributed by atoms with Crippen LogP contribution in [0.2, 0.25) is 0 Å². The van der Waals surface area contributed by atoms with Crippen molar-refractivity contribution in [2.45, 2.75) is 45.6 Å². The van der Waals surface area contributed by atoms with Crippen molar-refractivity contribution < 1.29 is 4.79 Å². The van der Waals surface area contributed by atoms with Gasteiger partial charge >= 0.3 is 0 Å². The lowest BCUT2D eigenvalue weighted by molar-refractivity contribution is -0.121. The Balaban J connectivity index is 2.08. The molecule has 1 rings (SSSR count). The number of amides is 1. The molecule has 2 atom stereocenters. The summed E-state index contributed by atoms with van der Waals surface area (Å²) in [7, 11) is 0. The van der Waals surface area contributed by atoms with Crippen LogP contribution >= 0.6 is 0 Å². The Morgan fingerprint density at radius 2 is 2.18 bits per heavy atom. The van der Waals surface area contributed by atoms with Gasteiger partial charge in [-0.15, -0.1) is 0 Å². The van der Waals surface area contributed by atoms with Crippen LogP contribution in [0.15, 0.2) is 0 Å². The van der Waals surface area contributed by atoms with Gasteiger partial charge in [0.1, 0.15) is 0 Å². The van der Waals surface area contributed by atoms with Crippen LogP contribution in [0.1, 0.15) is 39.5 Å². The molecule has 100 valence electrons. The smallest absolute Gasteiger partial charge is 0.221 e. The van der Waals surface area contributed by atoms with Crippen LogP contribution in [0, 0.1) is 11.8 Å². The first-order valence-electron chi connectivity index (χ1n) is 6.83. The quantitative estimate of drug-likeness (QED) is 0.619. The van der Waals surface area contributed by atoms with Crippen molar-refractivity contribution in [1.29, 1.82) is 0 Å². The van der Waals surface area contributed by atoms with Gasteiger partial charge in [0.15, 0.2) is 0 Å². The van der Waals surface area contributed by atoms with Gasteiger partial charge in [-0.25, -0.2) is 0 Å². The second-order valence-corrected chi connectivity index (χ2v) is 5.44. The van der Waals surface area contributed by atoms with Crippen LogP contribution in [0.5, 0.6) is 0 Å². The number of nitrogens with one attached hydrogen (secondary N) is 2. The summed E-state index contributed by atoms with van der Waals surface area (Å²) in [5, 5.41) is 6.39. The predicted molar refractivity (Wildman–Crippen MR) is 70.7 cm³/mol. The van der Waals surface area contributed by atoms with E-state index in [0.29, 0.717) is 24.3 Å². The third-order valence-corrected chi connectivity index (χ3v) is 3.43. The molecule has 1 amide bonds. The van der Waals surface area contributed by atoms with E-state index in [1.54, 1.807) is 0 Å². The molecule has 0 radical (unpaired) electrons. The number of hydrogen-bond acceptors (Lipinski definition) is 3. The Morgan fingerprint density at radius 3 is 2.82 bits per heavy atom. The third-order valence-electron chi connectivity index (χ3n) is 3.43. The Bertz CT molecular complexity index is 231. The number of hydrogen-bond donors (Lipinski definition) is 3. The summed E-state index contributed by atoms with van der Waals surface area (Å²) in [5.41, 5.74) is 5.72. The van der Waals surface area contributed by atoms with Gasteiger partial charge in [-0.2, -0.15) is 0 Å². The fourth-order valence-corrected chi connectivity index (χ4v) is 2.37. The molecular weight excluding hydrogens is 214 g/mol. The molecule has 0 spiro atoms. The highest BCUT2D eigenvalue weighted by molar-refractivity contribution is 5.76. The molecule has 17 heavy (non-hydrogen) atoms. The molecular formula is C13H27N3O. The minimum absolute atomic E-state index is 0.147. The highest BCUT2D eigenvalue weighted by Crippen LogP contribution is 2.24. The van der Waals surface area contributed by atoms with Crippen molar-refractivity contribution in [1.82, 2.24) is 10.6 Å². The maximum absolute atomic E-state index is 11.5. The van der Waals surface area contributed by atoms with Crippen molar-refractivity contribution in [2.75, 3.05) is 19.6 Å². The van der Waals surface area contributed by atoms with Crippen LogP contribution in [0.4, 0.5) is 0 Å². The maximum atomic E-state index is 11.5. The van der Waals surface area contributed by atoms with E-state index >= 15 is 0 Å². The van der Waals surface area contributed by atoms with Gasteiger partial charge in [0.2, 0.25) is 5.91 Å². The van der Waals surface area contributed by atoms with E-state index in [2.05, 4.69) is 24.5 Å². The monoisotopic (exact) mass is 241 g/mol. The summed E-state index contributed by atoms with van der Waals surface area (Å²) in [6, 6.07) is 0.526. The molecule has 0 aromatic rings. The van der Waals surface area contributed by atoms with Crippen LogP contribution in [0.25, 0.3) is 0 Å². The lowest BCUT2D eigenvalue weighted by Crippen LogP contribution is -2.38. The van der Waals surface area contributed by atoms with Crippen molar-refractivity contribution >= 4 is 5.91 Å². The van der Waals surface area contributed by atoms with Crippen molar-refractivity contribution in [3.8, 4) is 0 Å². The first-order chi connectivity index (χ1) is 8.13. The van der Waals surface area contributed by atoms with Gasteiger partial charge in [-0.3, -0.25) is 4.79 Å².